The average molecular weight is 1210 g/mol. The van der Waals surface area contributed by atoms with Crippen molar-refractivity contribution in [1.29, 1.82) is 0 Å². The molecule has 0 saturated carbocycles. The van der Waals surface area contributed by atoms with Gasteiger partial charge in [-0.15, -0.1) is 0 Å². The van der Waals surface area contributed by atoms with Gasteiger partial charge in [0.25, 0.3) is 0 Å². The quantitative estimate of drug-likeness (QED) is 0.0264. The maximum atomic E-state index is 12.8. The molecular formula is C75H138NO8P. The highest BCUT2D eigenvalue weighted by atomic mass is 31.2. The molecular weight excluding hydrogens is 1070 g/mol. The molecule has 0 amide bonds. The number of esters is 2. The van der Waals surface area contributed by atoms with Crippen LogP contribution in [-0.4, -0.2) is 49.3 Å². The molecule has 10 heteroatoms. The van der Waals surface area contributed by atoms with E-state index < -0.39 is 26.5 Å². The highest BCUT2D eigenvalue weighted by molar-refractivity contribution is 7.47. The van der Waals surface area contributed by atoms with Crippen LogP contribution in [0.1, 0.15) is 361 Å². The Hall–Kier alpha value is -2.55. The third kappa shape index (κ3) is 70.4. The van der Waals surface area contributed by atoms with Gasteiger partial charge in [-0.1, -0.05) is 337 Å². The maximum Gasteiger partial charge on any atom is 0.472 e. The number of unbranched alkanes of at least 4 members (excludes halogenated alkanes) is 44. The van der Waals surface area contributed by atoms with Crippen molar-refractivity contribution >= 4 is 19.8 Å². The molecule has 0 fully saturated rings. The Bertz CT molecular complexity index is 1620. The van der Waals surface area contributed by atoms with Crippen molar-refractivity contribution in [2.24, 2.45) is 5.73 Å². The van der Waals surface area contributed by atoms with Crippen LogP contribution < -0.4 is 5.73 Å². The van der Waals surface area contributed by atoms with E-state index in [1.54, 1.807) is 0 Å². The van der Waals surface area contributed by atoms with Gasteiger partial charge in [-0.2, -0.15) is 0 Å². The van der Waals surface area contributed by atoms with E-state index in [1.807, 2.05) is 0 Å². The fraction of sp³-hybridized carbons (Fsp3) is 0.813. The van der Waals surface area contributed by atoms with E-state index >= 15 is 0 Å². The van der Waals surface area contributed by atoms with E-state index in [0.29, 0.717) is 6.42 Å². The SMILES string of the molecule is CC/C=C\C/C=C\C/C=C\C/C=C\CCCCCCCCCCCCCCCCCCCCCCCCCCCCC(=O)OC(COC(=O)CCCCCCCCCCCCCCC/C=C\C/C=C\CCCCCCC)COP(=O)(O)OCCN. The molecule has 2 atom stereocenters. The molecule has 0 saturated heterocycles. The van der Waals surface area contributed by atoms with Crippen LogP contribution in [0.4, 0.5) is 0 Å². The second-order valence-corrected chi connectivity index (χ2v) is 25.9. The lowest BCUT2D eigenvalue weighted by Gasteiger charge is -2.19. The van der Waals surface area contributed by atoms with Crippen LogP contribution >= 0.6 is 7.82 Å². The number of allylic oxidation sites excluding steroid dienone is 12. The van der Waals surface area contributed by atoms with Crippen molar-refractivity contribution in [1.82, 2.24) is 0 Å². The fourth-order valence-electron chi connectivity index (χ4n) is 10.7. The van der Waals surface area contributed by atoms with Crippen LogP contribution in [0.25, 0.3) is 0 Å². The number of ether oxygens (including phenoxy) is 2. The Morgan fingerprint density at radius 1 is 0.365 bits per heavy atom. The molecule has 0 heterocycles. The van der Waals surface area contributed by atoms with Gasteiger partial charge in [-0.25, -0.2) is 4.57 Å². The minimum Gasteiger partial charge on any atom is -0.462 e. The number of carbonyl (C=O) groups is 2. The third-order valence-corrected chi connectivity index (χ3v) is 17.1. The molecule has 0 aliphatic heterocycles. The molecule has 3 N–H and O–H groups in total. The number of phosphoric ester groups is 1. The molecule has 9 nitrogen and oxygen atoms in total. The first-order valence-corrected chi connectivity index (χ1v) is 37.9. The summed E-state index contributed by atoms with van der Waals surface area (Å²) < 4.78 is 33.2. The fourth-order valence-corrected chi connectivity index (χ4v) is 11.5. The van der Waals surface area contributed by atoms with Crippen molar-refractivity contribution in [2.75, 3.05) is 26.4 Å². The van der Waals surface area contributed by atoms with Gasteiger partial charge in [0.05, 0.1) is 13.2 Å². The van der Waals surface area contributed by atoms with E-state index in [0.717, 1.165) is 64.2 Å². The normalized spacial score (nSPS) is 13.3. The van der Waals surface area contributed by atoms with Gasteiger partial charge in [0.15, 0.2) is 6.10 Å². The van der Waals surface area contributed by atoms with Crippen molar-refractivity contribution in [3.63, 3.8) is 0 Å². The minimum absolute atomic E-state index is 0.0541. The largest absolute Gasteiger partial charge is 0.472 e. The highest BCUT2D eigenvalue weighted by Gasteiger charge is 2.26. The van der Waals surface area contributed by atoms with Crippen LogP contribution in [0.2, 0.25) is 0 Å². The van der Waals surface area contributed by atoms with Crippen LogP contribution in [0.15, 0.2) is 72.9 Å². The molecule has 0 bridgehead atoms. The van der Waals surface area contributed by atoms with Gasteiger partial charge in [-0.3, -0.25) is 18.6 Å². The monoisotopic (exact) mass is 1210 g/mol. The number of hydrogen-bond donors (Lipinski definition) is 2. The molecule has 0 aromatic rings. The molecule has 85 heavy (non-hydrogen) atoms. The van der Waals surface area contributed by atoms with Gasteiger partial charge < -0.3 is 20.1 Å². The molecule has 496 valence electrons. The number of hydrogen-bond acceptors (Lipinski definition) is 8. The van der Waals surface area contributed by atoms with Crippen molar-refractivity contribution in [2.45, 2.75) is 367 Å². The summed E-state index contributed by atoms with van der Waals surface area (Å²) in [6.45, 7) is 3.68. The lowest BCUT2D eigenvalue weighted by atomic mass is 10.0. The van der Waals surface area contributed by atoms with E-state index in [4.69, 9.17) is 24.3 Å². The second-order valence-electron chi connectivity index (χ2n) is 24.4. The molecule has 0 rings (SSSR count). The first-order valence-electron chi connectivity index (χ1n) is 36.4. The van der Waals surface area contributed by atoms with E-state index in [2.05, 4.69) is 86.8 Å². The average Bonchev–Trinajstić information content (AvgIpc) is 3.53. The Labute approximate surface area is 526 Å². The predicted octanol–water partition coefficient (Wildman–Crippen LogP) is 24.0. The molecule has 0 radical (unpaired) electrons. The summed E-state index contributed by atoms with van der Waals surface area (Å²) in [5.74, 6) is -0.811. The van der Waals surface area contributed by atoms with Gasteiger partial charge in [-0.05, 0) is 83.5 Å². The molecule has 0 spiro atoms. The van der Waals surface area contributed by atoms with Gasteiger partial charge in [0.2, 0.25) is 0 Å². The zero-order chi connectivity index (χ0) is 61.6. The smallest absolute Gasteiger partial charge is 0.462 e. The summed E-state index contributed by atoms with van der Waals surface area (Å²) in [6.07, 6.45) is 93.0. The van der Waals surface area contributed by atoms with Gasteiger partial charge >= 0.3 is 19.8 Å². The van der Waals surface area contributed by atoms with Gasteiger partial charge in [0.1, 0.15) is 6.61 Å². The van der Waals surface area contributed by atoms with Crippen LogP contribution in [0.5, 0.6) is 0 Å². The highest BCUT2D eigenvalue weighted by Crippen LogP contribution is 2.43. The number of nitrogens with two attached hydrogens (primary N) is 1. The van der Waals surface area contributed by atoms with E-state index in [-0.39, 0.29) is 38.6 Å². The minimum atomic E-state index is -4.39. The number of carbonyl (C=O) groups excluding carboxylic acids is 2. The topological polar surface area (TPSA) is 134 Å². The predicted molar refractivity (Wildman–Crippen MR) is 367 cm³/mol. The number of rotatable bonds is 69. The Kier molecular flexibility index (Phi) is 68.4. The van der Waals surface area contributed by atoms with Gasteiger partial charge in [0, 0.05) is 19.4 Å². The Balaban J connectivity index is 3.78. The van der Waals surface area contributed by atoms with Crippen molar-refractivity contribution in [3.05, 3.63) is 72.9 Å². The molecule has 0 aromatic carbocycles. The zero-order valence-corrected chi connectivity index (χ0v) is 56.7. The summed E-state index contributed by atoms with van der Waals surface area (Å²) >= 11 is 0. The first kappa shape index (κ1) is 82.5. The number of phosphoric acid groups is 1. The first-order chi connectivity index (χ1) is 41.8. The molecule has 0 aromatic heterocycles. The molecule has 0 aliphatic rings. The summed E-state index contributed by atoms with van der Waals surface area (Å²) in [6, 6.07) is 0. The maximum absolute atomic E-state index is 12.8. The summed E-state index contributed by atoms with van der Waals surface area (Å²) in [7, 11) is -4.39. The van der Waals surface area contributed by atoms with Crippen molar-refractivity contribution < 1.29 is 37.6 Å². The summed E-state index contributed by atoms with van der Waals surface area (Å²) in [5, 5.41) is 0. The van der Waals surface area contributed by atoms with Crippen LogP contribution in [-0.2, 0) is 32.7 Å². The molecule has 2 unspecified atom stereocenters. The van der Waals surface area contributed by atoms with Crippen molar-refractivity contribution in [3.8, 4) is 0 Å². The standard InChI is InChI=1S/C75H138NO8P/c1-3-5-7-9-11-13-15-17-19-21-23-25-27-29-30-31-32-33-34-35-36-37-38-39-40-41-42-44-46-48-50-52-54-56-58-60-62-64-66-68-75(78)84-73(72-83-85(79,80)82-70-69-76)71-81-74(77)67-65-63-61-59-57-55-53-51-49-47-45-43-28-26-24-22-20-18-16-14-12-10-8-6-4-2/h5,7,11,13,16-19,22-25,73H,3-4,6,8-10,12,14-15,20-21,26-72,76H2,1-2H3,(H,79,80)/b7-5-,13-11-,18-16-,19-17-,24-22-,25-23-. The van der Waals surface area contributed by atoms with E-state index in [1.165, 1.54) is 263 Å². The van der Waals surface area contributed by atoms with Crippen LogP contribution in [0, 0.1) is 0 Å². The Morgan fingerprint density at radius 2 is 0.647 bits per heavy atom. The lowest BCUT2D eigenvalue weighted by Crippen LogP contribution is -2.29. The summed E-state index contributed by atoms with van der Waals surface area (Å²) in [4.78, 5) is 35.4. The zero-order valence-electron chi connectivity index (χ0n) is 55.8. The summed E-state index contributed by atoms with van der Waals surface area (Å²) in [5.41, 5.74) is 5.41. The second kappa shape index (κ2) is 70.5. The van der Waals surface area contributed by atoms with E-state index in [9.17, 15) is 19.0 Å². The third-order valence-electron chi connectivity index (χ3n) is 16.1. The van der Waals surface area contributed by atoms with Crippen LogP contribution in [0.3, 0.4) is 0 Å². The molecule has 0 aliphatic carbocycles. The lowest BCUT2D eigenvalue weighted by molar-refractivity contribution is -0.161. The Morgan fingerprint density at radius 3 is 0.965 bits per heavy atom.